The summed E-state index contributed by atoms with van der Waals surface area (Å²) in [5, 5.41) is 0. The van der Waals surface area contributed by atoms with Gasteiger partial charge in [-0.1, -0.05) is 30.3 Å². The monoisotopic (exact) mass is 309 g/mol. The van der Waals surface area contributed by atoms with E-state index in [2.05, 4.69) is 46.1 Å². The van der Waals surface area contributed by atoms with E-state index < -0.39 is 0 Å². The van der Waals surface area contributed by atoms with E-state index >= 15 is 0 Å². The summed E-state index contributed by atoms with van der Waals surface area (Å²) in [4.78, 5) is 22.9. The van der Waals surface area contributed by atoms with E-state index in [-0.39, 0.29) is 11.4 Å². The molecule has 120 valence electrons. The highest BCUT2D eigenvalue weighted by molar-refractivity contribution is 5.77. The Bertz CT molecular complexity index is 644. The number of carbonyl (C=O) groups is 1. The zero-order valence-electron chi connectivity index (χ0n) is 13.6. The smallest absolute Gasteiger partial charge is 0.223 e. The van der Waals surface area contributed by atoms with E-state index in [9.17, 15) is 4.79 Å². The molecule has 0 radical (unpaired) electrons. The minimum Gasteiger partial charge on any atom is -0.337 e. The van der Waals surface area contributed by atoms with Gasteiger partial charge < -0.3 is 4.90 Å². The minimum absolute atomic E-state index is 0.0654. The first-order valence-electron chi connectivity index (χ1n) is 8.27. The SMILES string of the molecule is C[C@]1(Cc2ccccc2)CCCN1C(=O)CCc1ccncn1. The molecule has 1 aromatic carbocycles. The van der Waals surface area contributed by atoms with Crippen LogP contribution in [0.1, 0.15) is 37.4 Å². The molecule has 23 heavy (non-hydrogen) atoms. The molecule has 1 aromatic heterocycles. The van der Waals surface area contributed by atoms with Gasteiger partial charge in [0.15, 0.2) is 0 Å². The third kappa shape index (κ3) is 3.76. The van der Waals surface area contributed by atoms with Crippen LogP contribution in [0, 0.1) is 0 Å². The van der Waals surface area contributed by atoms with Crippen LogP contribution in [0.2, 0.25) is 0 Å². The second-order valence-corrected chi connectivity index (χ2v) is 6.51. The first-order valence-corrected chi connectivity index (χ1v) is 8.27. The fourth-order valence-electron chi connectivity index (χ4n) is 3.50. The first kappa shape index (κ1) is 15.7. The predicted octanol–water partition coefficient (Wildman–Crippen LogP) is 3.03. The van der Waals surface area contributed by atoms with Gasteiger partial charge in [0, 0.05) is 30.4 Å². The molecule has 1 aliphatic heterocycles. The van der Waals surface area contributed by atoms with Gasteiger partial charge in [-0.15, -0.1) is 0 Å². The van der Waals surface area contributed by atoms with Crippen molar-refractivity contribution in [1.82, 2.24) is 14.9 Å². The van der Waals surface area contributed by atoms with Gasteiger partial charge in [-0.2, -0.15) is 0 Å². The maximum atomic E-state index is 12.7. The van der Waals surface area contributed by atoms with Gasteiger partial charge >= 0.3 is 0 Å². The van der Waals surface area contributed by atoms with Crippen LogP contribution < -0.4 is 0 Å². The normalized spacial score (nSPS) is 20.7. The van der Waals surface area contributed by atoms with E-state index in [0.29, 0.717) is 12.8 Å². The molecule has 4 heteroatoms. The predicted molar refractivity (Wildman–Crippen MR) is 89.9 cm³/mol. The van der Waals surface area contributed by atoms with Gasteiger partial charge in [0.25, 0.3) is 0 Å². The van der Waals surface area contributed by atoms with Crippen LogP contribution in [0.3, 0.4) is 0 Å². The number of aromatic nitrogens is 2. The largest absolute Gasteiger partial charge is 0.337 e. The van der Waals surface area contributed by atoms with Crippen LogP contribution in [0.15, 0.2) is 48.9 Å². The molecule has 0 aliphatic carbocycles. The van der Waals surface area contributed by atoms with Crippen LogP contribution in [-0.2, 0) is 17.6 Å². The molecule has 1 aliphatic rings. The lowest BCUT2D eigenvalue weighted by molar-refractivity contribution is -0.134. The van der Waals surface area contributed by atoms with Gasteiger partial charge in [-0.25, -0.2) is 9.97 Å². The second-order valence-electron chi connectivity index (χ2n) is 6.51. The maximum absolute atomic E-state index is 12.7. The molecule has 0 saturated carbocycles. The zero-order valence-corrected chi connectivity index (χ0v) is 13.6. The molecule has 1 saturated heterocycles. The number of rotatable bonds is 5. The van der Waals surface area contributed by atoms with E-state index in [1.165, 1.54) is 11.9 Å². The minimum atomic E-state index is -0.0654. The van der Waals surface area contributed by atoms with Gasteiger partial charge in [0.2, 0.25) is 5.91 Å². The fraction of sp³-hybridized carbons (Fsp3) is 0.421. The summed E-state index contributed by atoms with van der Waals surface area (Å²) < 4.78 is 0. The fourth-order valence-corrected chi connectivity index (χ4v) is 3.50. The molecule has 2 aromatic rings. The van der Waals surface area contributed by atoms with Crippen LogP contribution in [-0.4, -0.2) is 32.9 Å². The van der Waals surface area contributed by atoms with E-state index in [1.54, 1.807) is 6.20 Å². The zero-order chi connectivity index (χ0) is 16.1. The lowest BCUT2D eigenvalue weighted by atomic mass is 9.90. The Hall–Kier alpha value is -2.23. The van der Waals surface area contributed by atoms with E-state index in [4.69, 9.17) is 0 Å². The highest BCUT2D eigenvalue weighted by Gasteiger charge is 2.39. The maximum Gasteiger partial charge on any atom is 0.223 e. The Morgan fingerprint density at radius 3 is 2.83 bits per heavy atom. The molecular formula is C19H23N3O. The van der Waals surface area contributed by atoms with Crippen molar-refractivity contribution in [3.05, 3.63) is 60.2 Å². The molecule has 1 amide bonds. The molecule has 0 N–H and O–H groups in total. The molecule has 1 fully saturated rings. The number of nitrogens with zero attached hydrogens (tertiary/aromatic N) is 3. The molecule has 4 nitrogen and oxygen atoms in total. The van der Waals surface area contributed by atoms with E-state index in [0.717, 1.165) is 31.5 Å². The summed E-state index contributed by atoms with van der Waals surface area (Å²) in [5.41, 5.74) is 2.16. The first-order chi connectivity index (χ1) is 11.2. The van der Waals surface area contributed by atoms with Crippen molar-refractivity contribution in [1.29, 1.82) is 0 Å². The number of hydrogen-bond donors (Lipinski definition) is 0. The molecular weight excluding hydrogens is 286 g/mol. The average Bonchev–Trinajstić information content (AvgIpc) is 2.96. The standard InChI is InChI=1S/C19H23N3O/c1-19(14-16-6-3-2-4-7-16)11-5-13-22(19)18(23)9-8-17-10-12-20-15-21-17/h2-4,6-7,10,12,15H,5,8-9,11,13-14H2,1H3/t19-/m1/s1. The number of benzene rings is 1. The lowest BCUT2D eigenvalue weighted by Gasteiger charge is -2.36. The van der Waals surface area contributed by atoms with Crippen LogP contribution >= 0.6 is 0 Å². The van der Waals surface area contributed by atoms with Crippen molar-refractivity contribution >= 4 is 5.91 Å². The van der Waals surface area contributed by atoms with Gasteiger partial charge in [-0.05, 0) is 44.2 Å². The van der Waals surface area contributed by atoms with Gasteiger partial charge in [0.1, 0.15) is 6.33 Å². The van der Waals surface area contributed by atoms with Crippen molar-refractivity contribution in [2.24, 2.45) is 0 Å². The summed E-state index contributed by atoms with van der Waals surface area (Å²) >= 11 is 0. The molecule has 1 atom stereocenters. The van der Waals surface area contributed by atoms with Crippen LogP contribution in [0.4, 0.5) is 0 Å². The van der Waals surface area contributed by atoms with Crippen LogP contribution in [0.5, 0.6) is 0 Å². The summed E-state index contributed by atoms with van der Waals surface area (Å²) in [6.45, 7) is 3.08. The summed E-state index contributed by atoms with van der Waals surface area (Å²) in [5.74, 6) is 0.236. The summed E-state index contributed by atoms with van der Waals surface area (Å²) in [6, 6.07) is 12.3. The van der Waals surface area contributed by atoms with Crippen molar-refractivity contribution in [2.75, 3.05) is 6.54 Å². The number of aryl methyl sites for hydroxylation is 1. The Labute approximate surface area is 137 Å². The highest BCUT2D eigenvalue weighted by Crippen LogP contribution is 2.33. The quantitative estimate of drug-likeness (QED) is 0.853. The second kappa shape index (κ2) is 6.90. The molecule has 3 rings (SSSR count). The van der Waals surface area contributed by atoms with Crippen LogP contribution in [0.25, 0.3) is 0 Å². The third-order valence-corrected chi connectivity index (χ3v) is 4.72. The van der Waals surface area contributed by atoms with Crippen molar-refractivity contribution in [3.8, 4) is 0 Å². The number of carbonyl (C=O) groups excluding carboxylic acids is 1. The Balaban J connectivity index is 1.64. The Morgan fingerprint density at radius 2 is 2.09 bits per heavy atom. The Morgan fingerprint density at radius 1 is 1.26 bits per heavy atom. The van der Waals surface area contributed by atoms with Gasteiger partial charge in [-0.3, -0.25) is 4.79 Å². The highest BCUT2D eigenvalue weighted by atomic mass is 16.2. The molecule has 0 unspecified atom stereocenters. The van der Waals surface area contributed by atoms with Gasteiger partial charge in [0.05, 0.1) is 0 Å². The Kier molecular flexibility index (Phi) is 4.70. The summed E-state index contributed by atoms with van der Waals surface area (Å²) in [6.07, 6.45) is 7.54. The topological polar surface area (TPSA) is 46.1 Å². The third-order valence-electron chi connectivity index (χ3n) is 4.72. The average molecular weight is 309 g/mol. The van der Waals surface area contributed by atoms with E-state index in [1.807, 2.05) is 12.1 Å². The lowest BCUT2D eigenvalue weighted by Crippen LogP contribution is -2.46. The summed E-state index contributed by atoms with van der Waals surface area (Å²) in [7, 11) is 0. The molecule has 0 bridgehead atoms. The number of hydrogen-bond acceptors (Lipinski definition) is 3. The molecule has 2 heterocycles. The van der Waals surface area contributed by atoms with Crippen molar-refractivity contribution in [3.63, 3.8) is 0 Å². The van der Waals surface area contributed by atoms with Crippen molar-refractivity contribution in [2.45, 2.75) is 44.6 Å². The molecule has 0 spiro atoms. The van der Waals surface area contributed by atoms with Crippen molar-refractivity contribution < 1.29 is 4.79 Å². The number of likely N-dealkylation sites (tertiary alicyclic amines) is 1. The number of amides is 1.